The topological polar surface area (TPSA) is 71.5 Å². The van der Waals surface area contributed by atoms with E-state index in [2.05, 4.69) is 10.3 Å². The molecule has 2 heterocycles. The van der Waals surface area contributed by atoms with E-state index in [0.717, 1.165) is 11.1 Å². The normalized spacial score (nSPS) is 16.8. The summed E-state index contributed by atoms with van der Waals surface area (Å²) < 4.78 is 18.9. The first kappa shape index (κ1) is 23.2. The molecule has 2 amide bonds. The third-order valence-electron chi connectivity index (χ3n) is 6.36. The minimum atomic E-state index is -0.713. The van der Waals surface area contributed by atoms with Crippen LogP contribution in [0.3, 0.4) is 0 Å². The Morgan fingerprint density at radius 1 is 0.972 bits per heavy atom. The fourth-order valence-electron chi connectivity index (χ4n) is 4.65. The van der Waals surface area contributed by atoms with Crippen molar-refractivity contribution in [1.29, 1.82) is 0 Å². The average Bonchev–Trinajstić information content (AvgIpc) is 2.92. The number of aromatic nitrogens is 1. The monoisotopic (exact) mass is 481 g/mol. The van der Waals surface area contributed by atoms with Gasteiger partial charge in [-0.1, -0.05) is 48.5 Å². The summed E-state index contributed by atoms with van der Waals surface area (Å²) in [5, 5.41) is 2.92. The Morgan fingerprint density at radius 2 is 1.69 bits per heavy atom. The summed E-state index contributed by atoms with van der Waals surface area (Å²) in [5.74, 6) is -0.448. The number of hydrogen-bond donors (Lipinski definition) is 1. The van der Waals surface area contributed by atoms with Gasteiger partial charge in [-0.05, 0) is 59.2 Å². The maximum absolute atomic E-state index is 13.8. The predicted molar refractivity (Wildman–Crippen MR) is 134 cm³/mol. The van der Waals surface area contributed by atoms with Crippen molar-refractivity contribution in [1.82, 2.24) is 9.88 Å². The van der Waals surface area contributed by atoms with Crippen LogP contribution in [0.15, 0.2) is 97.2 Å². The maximum Gasteiger partial charge on any atom is 0.255 e. The minimum Gasteiger partial charge on any atom is -0.497 e. The van der Waals surface area contributed by atoms with Crippen LogP contribution < -0.4 is 10.1 Å². The molecule has 0 spiro atoms. The molecule has 7 heteroatoms. The Hall–Kier alpha value is -4.52. The quantitative estimate of drug-likeness (QED) is 0.403. The summed E-state index contributed by atoms with van der Waals surface area (Å²) in [7, 11) is 1.58. The van der Waals surface area contributed by atoms with E-state index in [9.17, 15) is 14.0 Å². The van der Waals surface area contributed by atoms with Gasteiger partial charge in [0.15, 0.2) is 0 Å². The van der Waals surface area contributed by atoms with E-state index in [-0.39, 0.29) is 24.2 Å². The molecule has 1 aliphatic heterocycles. The summed E-state index contributed by atoms with van der Waals surface area (Å²) in [6, 6.07) is 25.2. The van der Waals surface area contributed by atoms with Gasteiger partial charge in [0.05, 0.1) is 19.1 Å². The zero-order chi connectivity index (χ0) is 25.1. The van der Waals surface area contributed by atoms with Crippen molar-refractivity contribution in [3.05, 3.63) is 125 Å². The Bertz CT molecular complexity index is 1380. The molecular weight excluding hydrogens is 457 g/mol. The van der Waals surface area contributed by atoms with Gasteiger partial charge in [-0.15, -0.1) is 0 Å². The second-order valence-corrected chi connectivity index (χ2v) is 8.55. The average molecular weight is 482 g/mol. The van der Waals surface area contributed by atoms with Crippen LogP contribution in [0.4, 0.5) is 10.2 Å². The number of pyridine rings is 1. The molecular formula is C29H24FN3O3. The van der Waals surface area contributed by atoms with Gasteiger partial charge in [-0.3, -0.25) is 9.59 Å². The SMILES string of the molecule is COc1ccc([C@@H]2[C@H](C(=O)Nc3ccccn3)c3ccccc3C(=O)N2Cc2ccc(F)cc2)cc1. The highest BCUT2D eigenvalue weighted by atomic mass is 19.1. The number of amides is 2. The molecule has 0 radical (unpaired) electrons. The first-order chi connectivity index (χ1) is 17.5. The van der Waals surface area contributed by atoms with Gasteiger partial charge in [0.1, 0.15) is 17.4 Å². The Morgan fingerprint density at radius 3 is 2.39 bits per heavy atom. The smallest absolute Gasteiger partial charge is 0.255 e. The molecule has 1 aliphatic rings. The molecule has 6 nitrogen and oxygen atoms in total. The second-order valence-electron chi connectivity index (χ2n) is 8.55. The number of carbonyl (C=O) groups is 2. The Labute approximate surface area is 208 Å². The first-order valence-corrected chi connectivity index (χ1v) is 11.6. The number of rotatable bonds is 6. The number of nitrogens with zero attached hydrogens (tertiary/aromatic N) is 2. The standard InChI is InChI=1S/C29H24FN3O3/c1-36-22-15-11-20(12-16-22)27-26(28(34)32-25-8-4-5-17-31-25)23-6-2-3-7-24(23)29(35)33(27)18-19-9-13-21(30)14-10-19/h2-17,26-27H,18H2,1H3,(H,31,32,34)/t26-,27-/m1/s1. The Balaban J connectivity index is 1.63. The molecule has 0 fully saturated rings. The number of methoxy groups -OCH3 is 1. The number of anilines is 1. The molecule has 1 aromatic heterocycles. The predicted octanol–water partition coefficient (Wildman–Crippen LogP) is 5.35. The number of ether oxygens (including phenoxy) is 1. The summed E-state index contributed by atoms with van der Waals surface area (Å²) in [6.07, 6.45) is 1.61. The van der Waals surface area contributed by atoms with Crippen molar-refractivity contribution >= 4 is 17.6 Å². The molecule has 1 N–H and O–H groups in total. The molecule has 0 aliphatic carbocycles. The molecule has 3 aromatic carbocycles. The lowest BCUT2D eigenvalue weighted by atomic mass is 9.79. The molecule has 5 rings (SSSR count). The largest absolute Gasteiger partial charge is 0.497 e. The van der Waals surface area contributed by atoms with Gasteiger partial charge in [0.2, 0.25) is 5.91 Å². The first-order valence-electron chi connectivity index (χ1n) is 11.6. The second kappa shape index (κ2) is 10.00. The van der Waals surface area contributed by atoms with Gasteiger partial charge in [0.25, 0.3) is 5.91 Å². The number of halogens is 1. The van der Waals surface area contributed by atoms with Crippen molar-refractivity contribution in [3.8, 4) is 5.75 Å². The number of benzene rings is 3. The van der Waals surface area contributed by atoms with Crippen LogP contribution in [0.2, 0.25) is 0 Å². The van der Waals surface area contributed by atoms with E-state index in [1.165, 1.54) is 12.1 Å². The van der Waals surface area contributed by atoms with Crippen LogP contribution >= 0.6 is 0 Å². The third-order valence-corrected chi connectivity index (χ3v) is 6.36. The van der Waals surface area contributed by atoms with Crippen molar-refractivity contribution in [3.63, 3.8) is 0 Å². The van der Waals surface area contributed by atoms with E-state index in [0.29, 0.717) is 22.7 Å². The van der Waals surface area contributed by atoms with E-state index < -0.39 is 12.0 Å². The third kappa shape index (κ3) is 4.55. The van der Waals surface area contributed by atoms with E-state index in [4.69, 9.17) is 4.74 Å². The molecule has 0 saturated heterocycles. The Kier molecular flexibility index (Phi) is 6.45. The van der Waals surface area contributed by atoms with Crippen LogP contribution in [0.5, 0.6) is 5.75 Å². The van der Waals surface area contributed by atoms with Crippen LogP contribution in [0.1, 0.15) is 39.0 Å². The van der Waals surface area contributed by atoms with Gasteiger partial charge in [-0.2, -0.15) is 0 Å². The van der Waals surface area contributed by atoms with Crippen LogP contribution in [-0.4, -0.2) is 28.8 Å². The van der Waals surface area contributed by atoms with Crippen molar-refractivity contribution in [2.24, 2.45) is 0 Å². The fraction of sp³-hybridized carbons (Fsp3) is 0.138. The van der Waals surface area contributed by atoms with Crippen molar-refractivity contribution in [2.45, 2.75) is 18.5 Å². The molecule has 180 valence electrons. The van der Waals surface area contributed by atoms with Crippen LogP contribution in [-0.2, 0) is 11.3 Å². The highest BCUT2D eigenvalue weighted by molar-refractivity contribution is 6.04. The molecule has 4 aromatic rings. The summed E-state index contributed by atoms with van der Waals surface area (Å²) in [6.45, 7) is 0.206. The zero-order valence-corrected chi connectivity index (χ0v) is 19.6. The van der Waals surface area contributed by atoms with Crippen LogP contribution in [0, 0.1) is 5.82 Å². The van der Waals surface area contributed by atoms with Gasteiger partial charge >= 0.3 is 0 Å². The van der Waals surface area contributed by atoms with E-state index in [1.54, 1.807) is 60.7 Å². The number of carbonyl (C=O) groups excluding carboxylic acids is 2. The molecule has 0 saturated carbocycles. The molecule has 36 heavy (non-hydrogen) atoms. The number of fused-ring (bicyclic) bond motifs is 1. The summed E-state index contributed by atoms with van der Waals surface area (Å²) >= 11 is 0. The molecule has 0 unspecified atom stereocenters. The molecule has 0 bridgehead atoms. The lowest BCUT2D eigenvalue weighted by Crippen LogP contribution is -2.45. The zero-order valence-electron chi connectivity index (χ0n) is 19.6. The summed E-state index contributed by atoms with van der Waals surface area (Å²) in [5.41, 5.74) is 2.64. The lowest BCUT2D eigenvalue weighted by molar-refractivity contribution is -0.119. The minimum absolute atomic E-state index is 0.197. The van der Waals surface area contributed by atoms with E-state index in [1.807, 2.05) is 36.4 Å². The lowest BCUT2D eigenvalue weighted by Gasteiger charge is -2.42. The highest BCUT2D eigenvalue weighted by Crippen LogP contribution is 2.44. The highest BCUT2D eigenvalue weighted by Gasteiger charge is 2.44. The fourth-order valence-corrected chi connectivity index (χ4v) is 4.65. The number of hydrogen-bond acceptors (Lipinski definition) is 4. The number of nitrogens with one attached hydrogen (secondary N) is 1. The van der Waals surface area contributed by atoms with Gasteiger partial charge < -0.3 is 15.0 Å². The maximum atomic E-state index is 13.8. The van der Waals surface area contributed by atoms with Crippen LogP contribution in [0.25, 0.3) is 0 Å². The van der Waals surface area contributed by atoms with Gasteiger partial charge in [-0.25, -0.2) is 9.37 Å². The van der Waals surface area contributed by atoms with Crippen molar-refractivity contribution < 1.29 is 18.7 Å². The van der Waals surface area contributed by atoms with E-state index >= 15 is 0 Å². The van der Waals surface area contributed by atoms with Gasteiger partial charge in [0, 0.05) is 18.3 Å². The summed E-state index contributed by atoms with van der Waals surface area (Å²) in [4.78, 5) is 33.5. The molecule has 2 atom stereocenters. The van der Waals surface area contributed by atoms with Crippen molar-refractivity contribution in [2.75, 3.05) is 12.4 Å².